The van der Waals surface area contributed by atoms with E-state index in [9.17, 15) is 4.79 Å². The lowest BCUT2D eigenvalue weighted by atomic mass is 9.83. The Bertz CT molecular complexity index is 342. The van der Waals surface area contributed by atoms with Gasteiger partial charge in [-0.05, 0) is 23.8 Å². The van der Waals surface area contributed by atoms with Crippen molar-refractivity contribution < 1.29 is 9.90 Å². The Labute approximate surface area is 89.9 Å². The van der Waals surface area contributed by atoms with Crippen LogP contribution in [0.4, 0.5) is 0 Å². The topological polar surface area (TPSA) is 55.1 Å². The number of rotatable bonds is 5. The van der Waals surface area contributed by atoms with Gasteiger partial charge >= 0.3 is 5.97 Å². The van der Waals surface area contributed by atoms with Crippen molar-refractivity contribution in [1.82, 2.24) is 9.78 Å². The van der Waals surface area contributed by atoms with Crippen molar-refractivity contribution in [3.8, 4) is 0 Å². The molecule has 1 rings (SSSR count). The van der Waals surface area contributed by atoms with E-state index in [2.05, 4.69) is 5.10 Å². The minimum Gasteiger partial charge on any atom is -0.481 e. The maximum atomic E-state index is 10.6. The van der Waals surface area contributed by atoms with Gasteiger partial charge in [0.2, 0.25) is 0 Å². The third-order valence-electron chi connectivity index (χ3n) is 2.48. The largest absolute Gasteiger partial charge is 0.481 e. The summed E-state index contributed by atoms with van der Waals surface area (Å²) in [6.07, 6.45) is 5.76. The molecule has 0 aliphatic rings. The predicted octanol–water partition coefficient (Wildman–Crippen LogP) is 1.85. The first kappa shape index (κ1) is 11.8. The summed E-state index contributed by atoms with van der Waals surface area (Å²) in [5.74, 6) is -0.730. The van der Waals surface area contributed by atoms with Crippen LogP contribution in [0.15, 0.2) is 12.4 Å². The molecule has 1 N–H and O–H groups in total. The van der Waals surface area contributed by atoms with Gasteiger partial charge in [0.15, 0.2) is 0 Å². The fourth-order valence-corrected chi connectivity index (χ4v) is 1.58. The highest BCUT2D eigenvalue weighted by atomic mass is 16.4. The quantitative estimate of drug-likeness (QED) is 0.807. The molecule has 15 heavy (non-hydrogen) atoms. The van der Waals surface area contributed by atoms with Gasteiger partial charge in [0, 0.05) is 13.2 Å². The van der Waals surface area contributed by atoms with E-state index in [0.29, 0.717) is 0 Å². The van der Waals surface area contributed by atoms with Crippen LogP contribution in [0.25, 0.3) is 0 Å². The maximum absolute atomic E-state index is 10.6. The number of carboxylic acid groups (broad SMARTS) is 1. The van der Waals surface area contributed by atoms with Crippen LogP contribution in [-0.4, -0.2) is 20.9 Å². The molecule has 0 amide bonds. The standard InChI is InChI=1S/C11H18N2O2/c1-11(2,6-10(14)15)5-4-9-7-12-13(3)8-9/h7-8H,4-6H2,1-3H3,(H,14,15). The SMILES string of the molecule is Cn1cc(CCC(C)(C)CC(=O)O)cn1. The van der Waals surface area contributed by atoms with E-state index in [4.69, 9.17) is 5.11 Å². The van der Waals surface area contributed by atoms with Crippen molar-refractivity contribution in [2.24, 2.45) is 12.5 Å². The number of aromatic nitrogens is 2. The van der Waals surface area contributed by atoms with E-state index in [1.807, 2.05) is 33.3 Å². The first-order chi connectivity index (χ1) is 6.89. The number of aryl methyl sites for hydroxylation is 2. The molecule has 1 heterocycles. The van der Waals surface area contributed by atoms with Crippen LogP contribution in [0.2, 0.25) is 0 Å². The fraction of sp³-hybridized carbons (Fsp3) is 0.636. The summed E-state index contributed by atoms with van der Waals surface area (Å²) in [6.45, 7) is 3.97. The normalized spacial score (nSPS) is 11.7. The Morgan fingerprint density at radius 3 is 2.73 bits per heavy atom. The Hall–Kier alpha value is -1.32. The summed E-state index contributed by atoms with van der Waals surface area (Å²) in [5.41, 5.74) is 1.01. The van der Waals surface area contributed by atoms with Gasteiger partial charge in [-0.15, -0.1) is 0 Å². The number of nitrogens with zero attached hydrogens (tertiary/aromatic N) is 2. The number of hydrogen-bond donors (Lipinski definition) is 1. The smallest absolute Gasteiger partial charge is 0.303 e. The second-order valence-electron chi connectivity index (χ2n) is 4.76. The van der Waals surface area contributed by atoms with Gasteiger partial charge in [-0.3, -0.25) is 9.48 Å². The van der Waals surface area contributed by atoms with Gasteiger partial charge in [-0.2, -0.15) is 5.10 Å². The molecule has 1 aromatic rings. The van der Waals surface area contributed by atoms with Crippen molar-refractivity contribution in [2.45, 2.75) is 33.1 Å². The van der Waals surface area contributed by atoms with Crippen LogP contribution in [0.3, 0.4) is 0 Å². The summed E-state index contributed by atoms with van der Waals surface area (Å²) in [5, 5.41) is 12.8. The van der Waals surface area contributed by atoms with Gasteiger partial charge in [-0.1, -0.05) is 13.8 Å². The molecule has 0 aromatic carbocycles. The molecule has 1 aromatic heterocycles. The Kier molecular flexibility index (Phi) is 3.50. The zero-order valence-corrected chi connectivity index (χ0v) is 9.53. The van der Waals surface area contributed by atoms with E-state index in [0.717, 1.165) is 18.4 Å². The number of carbonyl (C=O) groups is 1. The van der Waals surface area contributed by atoms with Crippen molar-refractivity contribution in [1.29, 1.82) is 0 Å². The van der Waals surface area contributed by atoms with E-state index in [1.165, 1.54) is 0 Å². The van der Waals surface area contributed by atoms with Crippen molar-refractivity contribution in [2.75, 3.05) is 0 Å². The Balaban J connectivity index is 2.45. The van der Waals surface area contributed by atoms with Gasteiger partial charge in [0.1, 0.15) is 0 Å². The van der Waals surface area contributed by atoms with Crippen LogP contribution in [0.5, 0.6) is 0 Å². The van der Waals surface area contributed by atoms with Gasteiger partial charge in [0.05, 0.1) is 12.6 Å². The molecule has 0 saturated carbocycles. The second kappa shape index (κ2) is 4.47. The fourth-order valence-electron chi connectivity index (χ4n) is 1.58. The average Bonchev–Trinajstić information content (AvgIpc) is 2.46. The number of aliphatic carboxylic acids is 1. The highest BCUT2D eigenvalue weighted by Gasteiger charge is 2.21. The molecule has 0 radical (unpaired) electrons. The molecular formula is C11H18N2O2. The lowest BCUT2D eigenvalue weighted by molar-refractivity contribution is -0.139. The highest BCUT2D eigenvalue weighted by molar-refractivity contribution is 5.67. The lowest BCUT2D eigenvalue weighted by Gasteiger charge is -2.21. The zero-order chi connectivity index (χ0) is 11.5. The minimum atomic E-state index is -0.730. The molecule has 4 heteroatoms. The average molecular weight is 210 g/mol. The van der Waals surface area contributed by atoms with Crippen LogP contribution in [0.1, 0.15) is 32.3 Å². The summed E-state index contributed by atoms with van der Waals surface area (Å²) >= 11 is 0. The summed E-state index contributed by atoms with van der Waals surface area (Å²) in [6, 6.07) is 0. The molecular weight excluding hydrogens is 192 g/mol. The maximum Gasteiger partial charge on any atom is 0.303 e. The van der Waals surface area contributed by atoms with Crippen molar-refractivity contribution >= 4 is 5.97 Å². The van der Waals surface area contributed by atoms with E-state index in [-0.39, 0.29) is 11.8 Å². The van der Waals surface area contributed by atoms with Crippen LogP contribution in [0, 0.1) is 5.41 Å². The number of hydrogen-bond acceptors (Lipinski definition) is 2. The molecule has 4 nitrogen and oxygen atoms in total. The molecule has 0 saturated heterocycles. The zero-order valence-electron chi connectivity index (χ0n) is 9.53. The van der Waals surface area contributed by atoms with Crippen LogP contribution < -0.4 is 0 Å². The molecule has 0 spiro atoms. The molecule has 0 fully saturated rings. The monoisotopic (exact) mass is 210 g/mol. The number of carboxylic acids is 1. The lowest BCUT2D eigenvalue weighted by Crippen LogP contribution is -2.17. The third-order valence-corrected chi connectivity index (χ3v) is 2.48. The van der Waals surface area contributed by atoms with Crippen LogP contribution in [-0.2, 0) is 18.3 Å². The molecule has 0 atom stereocenters. The second-order valence-corrected chi connectivity index (χ2v) is 4.76. The highest BCUT2D eigenvalue weighted by Crippen LogP contribution is 2.26. The molecule has 0 bridgehead atoms. The summed E-state index contributed by atoms with van der Waals surface area (Å²) < 4.78 is 1.76. The van der Waals surface area contributed by atoms with Crippen LogP contribution >= 0.6 is 0 Å². The Morgan fingerprint density at radius 1 is 1.60 bits per heavy atom. The molecule has 84 valence electrons. The van der Waals surface area contributed by atoms with Crippen molar-refractivity contribution in [3.05, 3.63) is 18.0 Å². The van der Waals surface area contributed by atoms with E-state index < -0.39 is 5.97 Å². The predicted molar refractivity (Wildman–Crippen MR) is 57.6 cm³/mol. The van der Waals surface area contributed by atoms with Gasteiger partial charge in [0.25, 0.3) is 0 Å². The summed E-state index contributed by atoms with van der Waals surface area (Å²) in [7, 11) is 1.88. The van der Waals surface area contributed by atoms with Crippen molar-refractivity contribution in [3.63, 3.8) is 0 Å². The molecule has 0 aliphatic heterocycles. The Morgan fingerprint density at radius 2 is 2.27 bits per heavy atom. The first-order valence-corrected chi connectivity index (χ1v) is 5.08. The van der Waals surface area contributed by atoms with E-state index in [1.54, 1.807) is 4.68 Å². The first-order valence-electron chi connectivity index (χ1n) is 5.08. The summed E-state index contributed by atoms with van der Waals surface area (Å²) in [4.78, 5) is 10.6. The van der Waals surface area contributed by atoms with Gasteiger partial charge in [-0.25, -0.2) is 0 Å². The minimum absolute atomic E-state index is 0.151. The molecule has 0 aliphatic carbocycles. The third kappa shape index (κ3) is 4.14. The van der Waals surface area contributed by atoms with Gasteiger partial charge < -0.3 is 5.11 Å². The van der Waals surface area contributed by atoms with E-state index >= 15 is 0 Å². The molecule has 0 unspecified atom stereocenters.